The molecule has 0 aliphatic carbocycles. The maximum atomic E-state index is 13.8. The van der Waals surface area contributed by atoms with Gasteiger partial charge in [-0.15, -0.1) is 0 Å². The van der Waals surface area contributed by atoms with Crippen LogP contribution in [-0.4, -0.2) is 28.8 Å². The van der Waals surface area contributed by atoms with E-state index in [9.17, 15) is 9.59 Å². The quantitative estimate of drug-likeness (QED) is 0.315. The fourth-order valence-electron chi connectivity index (χ4n) is 3.73. The van der Waals surface area contributed by atoms with Crippen molar-refractivity contribution < 1.29 is 9.59 Å². The Morgan fingerprint density at radius 1 is 0.886 bits per heavy atom. The predicted octanol–water partition coefficient (Wildman–Crippen LogP) is 6.74. The van der Waals surface area contributed by atoms with E-state index >= 15 is 0 Å². The summed E-state index contributed by atoms with van der Waals surface area (Å²) in [6, 6.07) is 21.3. The lowest BCUT2D eigenvalue weighted by atomic mass is 10.0. The van der Waals surface area contributed by atoms with Crippen molar-refractivity contribution in [3.8, 4) is 0 Å². The molecule has 184 valence electrons. The van der Waals surface area contributed by atoms with Gasteiger partial charge in [0.05, 0.1) is 6.42 Å². The molecule has 0 bridgehead atoms. The van der Waals surface area contributed by atoms with E-state index in [0.29, 0.717) is 32.6 Å². The van der Waals surface area contributed by atoms with Gasteiger partial charge in [0, 0.05) is 34.1 Å². The van der Waals surface area contributed by atoms with Crippen LogP contribution < -0.4 is 5.32 Å². The van der Waals surface area contributed by atoms with Gasteiger partial charge in [-0.2, -0.15) is 0 Å². The standard InChI is InChI=1S/C28H29Cl3N2O2/c1-3-19(2)32-28(35)26(15-20-9-5-4-6-10-20)33(18-22-13-14-23(29)17-25(22)31)27(34)16-21-11-7-8-12-24(21)30/h4-14,17,19,26H,3,15-16,18H2,1-2H3,(H,32,35)/t19-,26+/m1/s1. The van der Waals surface area contributed by atoms with Crippen LogP contribution in [0.4, 0.5) is 0 Å². The van der Waals surface area contributed by atoms with E-state index in [-0.39, 0.29) is 30.8 Å². The number of benzene rings is 3. The van der Waals surface area contributed by atoms with Gasteiger partial charge >= 0.3 is 0 Å². The predicted molar refractivity (Wildman–Crippen MR) is 144 cm³/mol. The summed E-state index contributed by atoms with van der Waals surface area (Å²) in [6.07, 6.45) is 1.20. The van der Waals surface area contributed by atoms with Crippen LogP contribution in [0.5, 0.6) is 0 Å². The minimum Gasteiger partial charge on any atom is -0.352 e. The maximum Gasteiger partial charge on any atom is 0.243 e. The number of amides is 2. The fourth-order valence-corrected chi connectivity index (χ4v) is 4.41. The molecule has 3 aromatic rings. The molecule has 4 nitrogen and oxygen atoms in total. The molecule has 0 saturated carbocycles. The van der Waals surface area contributed by atoms with Gasteiger partial charge in [-0.3, -0.25) is 9.59 Å². The smallest absolute Gasteiger partial charge is 0.243 e. The zero-order chi connectivity index (χ0) is 25.4. The number of hydrogen-bond acceptors (Lipinski definition) is 2. The highest BCUT2D eigenvalue weighted by Gasteiger charge is 2.31. The van der Waals surface area contributed by atoms with E-state index in [0.717, 1.165) is 12.0 Å². The lowest BCUT2D eigenvalue weighted by molar-refractivity contribution is -0.141. The minimum absolute atomic E-state index is 0.0274. The summed E-state index contributed by atoms with van der Waals surface area (Å²) in [4.78, 5) is 28.9. The maximum absolute atomic E-state index is 13.8. The van der Waals surface area contributed by atoms with Gasteiger partial charge in [0.15, 0.2) is 0 Å². The first-order valence-electron chi connectivity index (χ1n) is 11.6. The molecule has 35 heavy (non-hydrogen) atoms. The van der Waals surface area contributed by atoms with Crippen molar-refractivity contribution in [2.24, 2.45) is 0 Å². The molecule has 2 atom stereocenters. The molecular weight excluding hydrogens is 503 g/mol. The first-order valence-corrected chi connectivity index (χ1v) is 12.7. The van der Waals surface area contributed by atoms with Gasteiger partial charge in [-0.25, -0.2) is 0 Å². The van der Waals surface area contributed by atoms with E-state index in [4.69, 9.17) is 34.8 Å². The molecule has 0 fully saturated rings. The van der Waals surface area contributed by atoms with Gasteiger partial charge in [0.2, 0.25) is 11.8 Å². The topological polar surface area (TPSA) is 49.4 Å². The number of nitrogens with one attached hydrogen (secondary N) is 1. The molecule has 0 heterocycles. The third kappa shape index (κ3) is 7.73. The van der Waals surface area contributed by atoms with Crippen LogP contribution in [-0.2, 0) is 29.0 Å². The molecule has 0 aliphatic rings. The van der Waals surface area contributed by atoms with Crippen LogP contribution in [0.25, 0.3) is 0 Å². The average Bonchev–Trinajstić information content (AvgIpc) is 2.84. The third-order valence-corrected chi connectivity index (χ3v) is 6.88. The monoisotopic (exact) mass is 530 g/mol. The zero-order valence-electron chi connectivity index (χ0n) is 19.8. The first-order chi connectivity index (χ1) is 16.8. The Bertz CT molecular complexity index is 1150. The highest BCUT2D eigenvalue weighted by Crippen LogP contribution is 2.25. The minimum atomic E-state index is -0.742. The van der Waals surface area contributed by atoms with Crippen LogP contribution in [0.2, 0.25) is 15.1 Å². The molecule has 7 heteroatoms. The number of carbonyl (C=O) groups excluding carboxylic acids is 2. The van der Waals surface area contributed by atoms with Crippen LogP contribution >= 0.6 is 34.8 Å². The van der Waals surface area contributed by atoms with E-state index in [1.165, 1.54) is 0 Å². The van der Waals surface area contributed by atoms with Crippen molar-refractivity contribution in [2.45, 2.75) is 51.7 Å². The highest BCUT2D eigenvalue weighted by molar-refractivity contribution is 6.35. The molecule has 2 amide bonds. The van der Waals surface area contributed by atoms with Crippen LogP contribution in [0, 0.1) is 0 Å². The first kappa shape index (κ1) is 27.1. The average molecular weight is 532 g/mol. The van der Waals surface area contributed by atoms with Crippen molar-refractivity contribution in [1.82, 2.24) is 10.2 Å². The number of carbonyl (C=O) groups is 2. The van der Waals surface area contributed by atoms with Crippen LogP contribution in [0.3, 0.4) is 0 Å². The Hall–Kier alpha value is -2.53. The lowest BCUT2D eigenvalue weighted by Crippen LogP contribution is -2.52. The largest absolute Gasteiger partial charge is 0.352 e. The molecule has 0 aliphatic heterocycles. The van der Waals surface area contributed by atoms with Crippen LogP contribution in [0.1, 0.15) is 37.0 Å². The molecular formula is C28H29Cl3N2O2. The molecule has 3 aromatic carbocycles. The SMILES string of the molecule is CC[C@@H](C)NC(=O)[C@H](Cc1ccccc1)N(Cc1ccc(Cl)cc1Cl)C(=O)Cc1ccccc1Cl. The Morgan fingerprint density at radius 2 is 1.57 bits per heavy atom. The summed E-state index contributed by atoms with van der Waals surface area (Å²) in [6.45, 7) is 4.11. The van der Waals surface area contributed by atoms with Gasteiger partial charge in [0.25, 0.3) is 0 Å². The molecule has 0 radical (unpaired) electrons. The Labute approximate surface area is 222 Å². The fraction of sp³-hybridized carbons (Fsp3) is 0.286. The van der Waals surface area contributed by atoms with Crippen LogP contribution in [0.15, 0.2) is 72.8 Å². The summed E-state index contributed by atoms with van der Waals surface area (Å²) >= 11 is 18.9. The summed E-state index contributed by atoms with van der Waals surface area (Å²) in [7, 11) is 0. The summed E-state index contributed by atoms with van der Waals surface area (Å²) in [5, 5.41) is 4.51. The molecule has 0 aromatic heterocycles. The van der Waals surface area contributed by atoms with Gasteiger partial charge in [0.1, 0.15) is 6.04 Å². The van der Waals surface area contributed by atoms with Crippen molar-refractivity contribution in [3.05, 3.63) is 105 Å². The summed E-state index contributed by atoms with van der Waals surface area (Å²) < 4.78 is 0. The van der Waals surface area contributed by atoms with Gasteiger partial charge in [-0.1, -0.05) is 96.3 Å². The lowest BCUT2D eigenvalue weighted by Gasteiger charge is -2.32. The number of rotatable bonds is 10. The Morgan fingerprint density at radius 3 is 2.23 bits per heavy atom. The highest BCUT2D eigenvalue weighted by atomic mass is 35.5. The molecule has 0 saturated heterocycles. The second kappa shape index (κ2) is 13.0. The van der Waals surface area contributed by atoms with Gasteiger partial charge < -0.3 is 10.2 Å². The van der Waals surface area contributed by atoms with Crippen molar-refractivity contribution in [2.75, 3.05) is 0 Å². The molecule has 0 spiro atoms. The van der Waals surface area contributed by atoms with Crippen molar-refractivity contribution in [3.63, 3.8) is 0 Å². The van der Waals surface area contributed by atoms with Gasteiger partial charge in [-0.05, 0) is 48.2 Å². The summed E-state index contributed by atoms with van der Waals surface area (Å²) in [5.41, 5.74) is 2.36. The number of hydrogen-bond donors (Lipinski definition) is 1. The number of nitrogens with zero attached hydrogens (tertiary/aromatic N) is 1. The second-order valence-corrected chi connectivity index (χ2v) is 9.80. The van der Waals surface area contributed by atoms with E-state index < -0.39 is 6.04 Å². The summed E-state index contributed by atoms with van der Waals surface area (Å²) in [5.74, 6) is -0.426. The van der Waals surface area contributed by atoms with Crippen molar-refractivity contribution in [1.29, 1.82) is 0 Å². The normalized spacial score (nSPS) is 12.6. The third-order valence-electron chi connectivity index (χ3n) is 5.93. The molecule has 0 unspecified atom stereocenters. The molecule has 3 rings (SSSR count). The second-order valence-electron chi connectivity index (χ2n) is 8.55. The van der Waals surface area contributed by atoms with Crippen molar-refractivity contribution >= 4 is 46.6 Å². The Kier molecular flexibility index (Phi) is 10.0. The zero-order valence-corrected chi connectivity index (χ0v) is 22.1. The van der Waals surface area contributed by atoms with E-state index in [2.05, 4.69) is 5.32 Å². The number of halogens is 3. The van der Waals surface area contributed by atoms with E-state index in [1.807, 2.05) is 62.4 Å². The molecule has 1 N–H and O–H groups in total. The van der Waals surface area contributed by atoms with E-state index in [1.54, 1.807) is 29.2 Å². The Balaban J connectivity index is 2.01.